The Labute approximate surface area is 129 Å². The van der Waals surface area contributed by atoms with Gasteiger partial charge in [-0.1, -0.05) is 12.1 Å². The molecule has 2 bridgehead atoms. The van der Waals surface area contributed by atoms with Gasteiger partial charge < -0.3 is 5.11 Å². The number of benzene rings is 1. The van der Waals surface area contributed by atoms with Crippen molar-refractivity contribution >= 4 is 0 Å². The summed E-state index contributed by atoms with van der Waals surface area (Å²) >= 11 is 0. The summed E-state index contributed by atoms with van der Waals surface area (Å²) in [6, 6.07) is 7.58. The van der Waals surface area contributed by atoms with Gasteiger partial charge in [0.15, 0.2) is 0 Å². The van der Waals surface area contributed by atoms with Gasteiger partial charge in [0.1, 0.15) is 5.75 Å². The molecule has 2 N–H and O–H groups in total. The molecule has 1 saturated heterocycles. The Hall–Kier alpha value is -2.01. The Bertz CT molecular complexity index is 734. The van der Waals surface area contributed by atoms with E-state index in [0.29, 0.717) is 5.56 Å². The molecule has 0 radical (unpaired) electrons. The summed E-state index contributed by atoms with van der Waals surface area (Å²) < 4.78 is 1.87. The Morgan fingerprint density at radius 1 is 1.27 bits per heavy atom. The topological polar surface area (TPSA) is 61.3 Å². The maximum atomic E-state index is 12.1. The van der Waals surface area contributed by atoms with Gasteiger partial charge in [-0.15, -0.1) is 0 Å². The second-order valence-electron chi connectivity index (χ2n) is 6.56. The summed E-state index contributed by atoms with van der Waals surface area (Å²) in [5.41, 5.74) is 1.26. The fourth-order valence-electron chi connectivity index (χ4n) is 3.97. The summed E-state index contributed by atoms with van der Waals surface area (Å²) in [6.07, 6.45) is 5.94. The Morgan fingerprint density at radius 2 is 2.18 bits per heavy atom. The predicted molar refractivity (Wildman–Crippen MR) is 84.9 cm³/mol. The smallest absolute Gasteiger partial charge is 0.271 e. The highest BCUT2D eigenvalue weighted by molar-refractivity contribution is 5.63. The van der Waals surface area contributed by atoms with E-state index >= 15 is 0 Å². The van der Waals surface area contributed by atoms with Crippen LogP contribution >= 0.6 is 0 Å². The number of phenols is 1. The van der Waals surface area contributed by atoms with Gasteiger partial charge in [0.25, 0.3) is 5.56 Å². The minimum absolute atomic E-state index is 0.103. The average Bonchev–Trinajstić information content (AvgIpc) is 3.20. The molecule has 1 aromatic carbocycles. The maximum absolute atomic E-state index is 12.1. The van der Waals surface area contributed by atoms with E-state index in [0.717, 1.165) is 30.6 Å². The van der Waals surface area contributed by atoms with E-state index in [-0.39, 0.29) is 11.3 Å². The van der Waals surface area contributed by atoms with Gasteiger partial charge in [-0.05, 0) is 42.9 Å². The highest BCUT2D eigenvalue weighted by Gasteiger charge is 2.37. The Balaban J connectivity index is 1.47. The van der Waals surface area contributed by atoms with Gasteiger partial charge in [0.05, 0.1) is 12.1 Å². The number of phenolic OH excluding ortho intramolecular Hbond substituents is 1. The number of hydrogen-bond donors (Lipinski definition) is 2. The minimum Gasteiger partial charge on any atom is -0.508 e. The Kier molecular flexibility index (Phi) is 3.30. The highest BCUT2D eigenvalue weighted by atomic mass is 16.3. The number of likely N-dealkylation sites (tertiary alicyclic amines) is 1. The van der Waals surface area contributed by atoms with Gasteiger partial charge in [-0.3, -0.25) is 19.5 Å². The van der Waals surface area contributed by atoms with Crippen LogP contribution in [0.2, 0.25) is 0 Å². The van der Waals surface area contributed by atoms with Gasteiger partial charge in [0.2, 0.25) is 0 Å². The van der Waals surface area contributed by atoms with Crippen molar-refractivity contribution in [1.82, 2.24) is 14.7 Å². The molecule has 0 amide bonds. The van der Waals surface area contributed by atoms with Crippen LogP contribution in [-0.4, -0.2) is 38.9 Å². The third-order valence-electron chi connectivity index (χ3n) is 5.08. The van der Waals surface area contributed by atoms with Crippen LogP contribution in [0, 0.1) is 5.92 Å². The Morgan fingerprint density at radius 3 is 2.91 bits per heavy atom. The van der Waals surface area contributed by atoms with Crippen molar-refractivity contribution in [1.29, 1.82) is 0 Å². The molecule has 2 heterocycles. The van der Waals surface area contributed by atoms with Crippen molar-refractivity contribution in [3.8, 4) is 16.9 Å². The molecule has 2 aliphatic rings. The first kappa shape index (κ1) is 13.6. The van der Waals surface area contributed by atoms with E-state index in [2.05, 4.69) is 10.00 Å². The zero-order chi connectivity index (χ0) is 15.1. The van der Waals surface area contributed by atoms with E-state index in [1.807, 2.05) is 16.9 Å². The SMILES string of the molecule is O=c1[nH]n(CCN2CC3CCC2C3)cc1-c1cccc(O)c1. The van der Waals surface area contributed by atoms with E-state index in [1.165, 1.54) is 25.8 Å². The first-order chi connectivity index (χ1) is 10.7. The molecule has 0 spiro atoms. The van der Waals surface area contributed by atoms with Crippen molar-refractivity contribution in [3.05, 3.63) is 40.8 Å². The van der Waals surface area contributed by atoms with Crippen LogP contribution < -0.4 is 5.56 Å². The molecule has 2 fully saturated rings. The quantitative estimate of drug-likeness (QED) is 0.908. The molecule has 116 valence electrons. The monoisotopic (exact) mass is 299 g/mol. The first-order valence-electron chi connectivity index (χ1n) is 8.02. The summed E-state index contributed by atoms with van der Waals surface area (Å²) in [7, 11) is 0. The number of nitrogens with one attached hydrogen (secondary N) is 1. The molecule has 1 aliphatic heterocycles. The molecule has 1 aliphatic carbocycles. The van der Waals surface area contributed by atoms with Crippen molar-refractivity contribution in [2.75, 3.05) is 13.1 Å². The van der Waals surface area contributed by atoms with E-state index in [9.17, 15) is 9.90 Å². The summed E-state index contributed by atoms with van der Waals surface area (Å²) in [6.45, 7) is 3.01. The number of nitrogens with zero attached hydrogens (tertiary/aromatic N) is 2. The second kappa shape index (κ2) is 5.32. The lowest BCUT2D eigenvalue weighted by Crippen LogP contribution is -2.34. The second-order valence-corrected chi connectivity index (χ2v) is 6.56. The standard InChI is InChI=1S/C17H21N3O2/c21-15-3-1-2-13(9-15)16-11-20(18-17(16)22)7-6-19-10-12-4-5-14(19)8-12/h1-3,9,11-12,14,21H,4-8,10H2,(H,18,22). The summed E-state index contributed by atoms with van der Waals surface area (Å²) in [5, 5.41) is 12.4. The largest absolute Gasteiger partial charge is 0.508 e. The third kappa shape index (κ3) is 2.46. The zero-order valence-corrected chi connectivity index (χ0v) is 12.5. The highest BCUT2D eigenvalue weighted by Crippen LogP contribution is 2.37. The molecule has 2 unspecified atom stereocenters. The van der Waals surface area contributed by atoms with Crippen molar-refractivity contribution in [2.45, 2.75) is 31.8 Å². The van der Waals surface area contributed by atoms with Crippen LogP contribution in [-0.2, 0) is 6.54 Å². The summed E-state index contributed by atoms with van der Waals surface area (Å²) in [4.78, 5) is 14.7. The molecule has 5 nitrogen and oxygen atoms in total. The predicted octanol–water partition coefficient (Wildman–Crippen LogP) is 2.03. The minimum atomic E-state index is -0.103. The van der Waals surface area contributed by atoms with E-state index in [4.69, 9.17) is 0 Å². The fraction of sp³-hybridized carbons (Fsp3) is 0.471. The first-order valence-corrected chi connectivity index (χ1v) is 8.02. The number of piperidine rings is 1. The number of rotatable bonds is 4. The molecule has 2 atom stereocenters. The lowest BCUT2D eigenvalue weighted by Gasteiger charge is -2.26. The third-order valence-corrected chi connectivity index (χ3v) is 5.08. The molecule has 1 saturated carbocycles. The van der Waals surface area contributed by atoms with Crippen molar-refractivity contribution in [2.24, 2.45) is 5.92 Å². The average molecular weight is 299 g/mol. The molecular formula is C17H21N3O2. The number of H-pyrrole nitrogens is 1. The number of aromatic amines is 1. The summed E-state index contributed by atoms with van der Waals surface area (Å²) in [5.74, 6) is 1.08. The lowest BCUT2D eigenvalue weighted by molar-refractivity contribution is 0.203. The molecule has 22 heavy (non-hydrogen) atoms. The molecule has 1 aromatic heterocycles. The molecular weight excluding hydrogens is 278 g/mol. The van der Waals surface area contributed by atoms with Gasteiger partial charge in [-0.25, -0.2) is 0 Å². The van der Waals surface area contributed by atoms with Crippen LogP contribution in [0.15, 0.2) is 35.3 Å². The van der Waals surface area contributed by atoms with E-state index < -0.39 is 0 Å². The van der Waals surface area contributed by atoms with Crippen LogP contribution in [0.1, 0.15) is 19.3 Å². The fourth-order valence-corrected chi connectivity index (χ4v) is 3.97. The van der Waals surface area contributed by atoms with Crippen molar-refractivity contribution < 1.29 is 5.11 Å². The van der Waals surface area contributed by atoms with Gasteiger partial charge in [-0.2, -0.15) is 0 Å². The number of aromatic nitrogens is 2. The lowest BCUT2D eigenvalue weighted by atomic mass is 10.1. The van der Waals surface area contributed by atoms with Gasteiger partial charge >= 0.3 is 0 Å². The zero-order valence-electron chi connectivity index (χ0n) is 12.5. The van der Waals surface area contributed by atoms with Crippen LogP contribution in [0.4, 0.5) is 0 Å². The normalized spacial score (nSPS) is 24.2. The van der Waals surface area contributed by atoms with Gasteiger partial charge in [0, 0.05) is 25.3 Å². The number of fused-ring (bicyclic) bond motifs is 2. The number of aromatic hydroxyl groups is 1. The van der Waals surface area contributed by atoms with Crippen LogP contribution in [0.5, 0.6) is 5.75 Å². The van der Waals surface area contributed by atoms with Crippen LogP contribution in [0.25, 0.3) is 11.1 Å². The maximum Gasteiger partial charge on any atom is 0.271 e. The molecule has 5 heteroatoms. The molecule has 4 rings (SSSR count). The van der Waals surface area contributed by atoms with E-state index in [1.54, 1.807) is 18.2 Å². The van der Waals surface area contributed by atoms with Crippen LogP contribution in [0.3, 0.4) is 0 Å². The molecule has 2 aromatic rings. The van der Waals surface area contributed by atoms with Crippen molar-refractivity contribution in [3.63, 3.8) is 0 Å². The number of hydrogen-bond acceptors (Lipinski definition) is 3.